The van der Waals surface area contributed by atoms with E-state index in [1.807, 2.05) is 0 Å². The first-order valence-corrected chi connectivity index (χ1v) is 9.21. The van der Waals surface area contributed by atoms with Gasteiger partial charge in [0.15, 0.2) is 9.84 Å². The predicted octanol–water partition coefficient (Wildman–Crippen LogP) is 2.27. The Balaban J connectivity index is 2.99. The minimum atomic E-state index is -3.20. The van der Waals surface area contributed by atoms with Crippen LogP contribution in [0.25, 0.3) is 0 Å². The van der Waals surface area contributed by atoms with Gasteiger partial charge in [-0.1, -0.05) is 25.2 Å². The Kier molecular flexibility index (Phi) is 5.46. The molecule has 0 aliphatic carbocycles. The van der Waals surface area contributed by atoms with Crippen LogP contribution >= 0.6 is 11.3 Å². The van der Waals surface area contributed by atoms with Crippen molar-refractivity contribution in [2.24, 2.45) is 0 Å². The number of hydrogen-bond donors (Lipinski definition) is 1. The Morgan fingerprint density at radius 2 is 1.95 bits per heavy atom. The molecule has 7 heteroatoms. The van der Waals surface area contributed by atoms with E-state index in [1.54, 1.807) is 13.8 Å². The summed E-state index contributed by atoms with van der Waals surface area (Å²) >= 11 is 1.39. The molecular weight excluding hydrogens is 282 g/mol. The fraction of sp³-hybridized carbons (Fsp3) is 0.833. The third-order valence-corrected chi connectivity index (χ3v) is 6.77. The van der Waals surface area contributed by atoms with Gasteiger partial charge < -0.3 is 5.32 Å². The summed E-state index contributed by atoms with van der Waals surface area (Å²) in [6, 6.07) is 0.154. The highest BCUT2D eigenvalue weighted by atomic mass is 32.2. The van der Waals surface area contributed by atoms with Gasteiger partial charge >= 0.3 is 0 Å². The second kappa shape index (κ2) is 6.28. The number of hydrogen-bond acceptors (Lipinski definition) is 6. The summed E-state index contributed by atoms with van der Waals surface area (Å²) in [5, 5.41) is 13.1. The van der Waals surface area contributed by atoms with Crippen LogP contribution in [0.3, 0.4) is 0 Å². The van der Waals surface area contributed by atoms with E-state index in [9.17, 15) is 8.42 Å². The van der Waals surface area contributed by atoms with Crippen LogP contribution in [-0.4, -0.2) is 31.4 Å². The maximum atomic E-state index is 11.8. The van der Waals surface area contributed by atoms with Crippen molar-refractivity contribution in [2.75, 3.05) is 12.8 Å². The molecule has 110 valence electrons. The number of nitrogens with one attached hydrogen (secondary N) is 1. The molecule has 1 heterocycles. The van der Waals surface area contributed by atoms with E-state index in [0.717, 1.165) is 24.4 Å². The first kappa shape index (κ1) is 16.5. The smallest absolute Gasteiger partial charge is 0.159 e. The normalized spacial score (nSPS) is 14.6. The lowest BCUT2D eigenvalue weighted by atomic mass is 10.2. The Morgan fingerprint density at radius 1 is 1.32 bits per heavy atom. The lowest BCUT2D eigenvalue weighted by Crippen LogP contribution is -2.27. The van der Waals surface area contributed by atoms with E-state index in [1.165, 1.54) is 17.6 Å². The molecule has 1 aromatic rings. The van der Waals surface area contributed by atoms with Gasteiger partial charge in [-0.3, -0.25) is 0 Å². The first-order chi connectivity index (χ1) is 8.74. The molecule has 1 aromatic heterocycles. The van der Waals surface area contributed by atoms with Crippen molar-refractivity contribution in [1.82, 2.24) is 15.5 Å². The molecular formula is C12H23N3O2S2. The van der Waals surface area contributed by atoms with Gasteiger partial charge in [-0.2, -0.15) is 0 Å². The van der Waals surface area contributed by atoms with Crippen molar-refractivity contribution in [2.45, 2.75) is 51.3 Å². The molecule has 0 amide bonds. The fourth-order valence-corrected chi connectivity index (χ4v) is 3.44. The minimum Gasteiger partial charge on any atom is -0.308 e. The molecule has 19 heavy (non-hydrogen) atoms. The van der Waals surface area contributed by atoms with Crippen molar-refractivity contribution in [3.8, 4) is 0 Å². The Hall–Kier alpha value is -0.530. The molecule has 0 aliphatic rings. The van der Waals surface area contributed by atoms with Crippen LogP contribution in [0.15, 0.2) is 0 Å². The second-order valence-corrected chi connectivity index (χ2v) is 8.72. The summed E-state index contributed by atoms with van der Waals surface area (Å²) in [4.78, 5) is 0. The number of nitrogens with zero attached hydrogens (tertiary/aromatic N) is 2. The van der Waals surface area contributed by atoms with Crippen LogP contribution in [0.5, 0.6) is 0 Å². The van der Waals surface area contributed by atoms with E-state index in [2.05, 4.69) is 29.4 Å². The summed E-state index contributed by atoms with van der Waals surface area (Å²) in [6.45, 7) is 8.46. The van der Waals surface area contributed by atoms with Crippen molar-refractivity contribution < 1.29 is 8.42 Å². The highest BCUT2D eigenvalue weighted by Crippen LogP contribution is 2.33. The van der Waals surface area contributed by atoms with E-state index < -0.39 is 14.6 Å². The monoisotopic (exact) mass is 305 g/mol. The zero-order valence-electron chi connectivity index (χ0n) is 12.2. The average molecular weight is 305 g/mol. The lowest BCUT2D eigenvalue weighted by molar-refractivity contribution is 0.512. The van der Waals surface area contributed by atoms with Crippen molar-refractivity contribution in [3.05, 3.63) is 10.0 Å². The first-order valence-electron chi connectivity index (χ1n) is 6.50. The zero-order chi connectivity index (χ0) is 14.7. The van der Waals surface area contributed by atoms with Gasteiger partial charge in [0.1, 0.15) is 14.8 Å². The third-order valence-electron chi connectivity index (χ3n) is 3.23. The van der Waals surface area contributed by atoms with Crippen LogP contribution < -0.4 is 5.32 Å². The van der Waals surface area contributed by atoms with Gasteiger partial charge in [0.2, 0.25) is 0 Å². The van der Waals surface area contributed by atoms with E-state index in [4.69, 9.17) is 0 Å². The Bertz CT molecular complexity index is 509. The maximum absolute atomic E-state index is 11.8. The molecule has 1 rings (SSSR count). The van der Waals surface area contributed by atoms with Crippen LogP contribution in [-0.2, 0) is 14.6 Å². The second-order valence-electron chi connectivity index (χ2n) is 5.14. The average Bonchev–Trinajstić information content (AvgIpc) is 2.78. The van der Waals surface area contributed by atoms with E-state index in [-0.39, 0.29) is 6.04 Å². The largest absolute Gasteiger partial charge is 0.308 e. The minimum absolute atomic E-state index is 0.154. The molecule has 0 radical (unpaired) electrons. The molecule has 0 aliphatic heterocycles. The number of aromatic nitrogens is 2. The number of rotatable bonds is 7. The highest BCUT2D eigenvalue weighted by molar-refractivity contribution is 7.91. The van der Waals surface area contributed by atoms with Crippen LogP contribution in [0.4, 0.5) is 0 Å². The fourth-order valence-electron chi connectivity index (χ4n) is 1.50. The SMILES string of the molecule is CCCNC(CC)c1nnc(C(C)(C)S(C)(=O)=O)s1. The molecule has 1 unspecified atom stereocenters. The van der Waals surface area contributed by atoms with Gasteiger partial charge in [-0.05, 0) is 33.2 Å². The third kappa shape index (κ3) is 3.73. The van der Waals surface area contributed by atoms with Crippen LogP contribution in [0.2, 0.25) is 0 Å². The molecule has 0 bridgehead atoms. The molecule has 0 aromatic carbocycles. The Morgan fingerprint density at radius 3 is 2.42 bits per heavy atom. The molecule has 0 fully saturated rings. The molecule has 0 spiro atoms. The van der Waals surface area contributed by atoms with Crippen LogP contribution in [0, 0.1) is 0 Å². The quantitative estimate of drug-likeness (QED) is 0.836. The summed E-state index contributed by atoms with van der Waals surface area (Å²) in [5.74, 6) is 0. The maximum Gasteiger partial charge on any atom is 0.159 e. The summed E-state index contributed by atoms with van der Waals surface area (Å²) in [5.41, 5.74) is 0. The van der Waals surface area contributed by atoms with Gasteiger partial charge in [-0.15, -0.1) is 10.2 Å². The standard InChI is InChI=1S/C12H23N3O2S2/c1-6-8-13-9(7-2)10-14-15-11(18-10)12(3,4)19(5,16)17/h9,13H,6-8H2,1-5H3. The van der Waals surface area contributed by atoms with Gasteiger partial charge in [0, 0.05) is 6.26 Å². The summed E-state index contributed by atoms with van der Waals surface area (Å²) in [6.07, 6.45) is 3.20. The van der Waals surface area contributed by atoms with Gasteiger partial charge in [0.25, 0.3) is 0 Å². The molecule has 1 N–H and O–H groups in total. The highest BCUT2D eigenvalue weighted by Gasteiger charge is 2.36. The topological polar surface area (TPSA) is 72.0 Å². The van der Waals surface area contributed by atoms with Gasteiger partial charge in [-0.25, -0.2) is 8.42 Å². The number of sulfone groups is 1. The van der Waals surface area contributed by atoms with Crippen molar-refractivity contribution in [1.29, 1.82) is 0 Å². The molecule has 0 saturated carbocycles. The lowest BCUT2D eigenvalue weighted by Gasteiger charge is -2.18. The predicted molar refractivity (Wildman–Crippen MR) is 79.1 cm³/mol. The van der Waals surface area contributed by atoms with Gasteiger partial charge in [0.05, 0.1) is 6.04 Å². The summed E-state index contributed by atoms with van der Waals surface area (Å²) in [7, 11) is -3.20. The molecule has 0 saturated heterocycles. The van der Waals surface area contributed by atoms with Crippen molar-refractivity contribution >= 4 is 21.2 Å². The summed E-state index contributed by atoms with van der Waals surface area (Å²) < 4.78 is 22.6. The molecule has 5 nitrogen and oxygen atoms in total. The molecule has 1 atom stereocenters. The van der Waals surface area contributed by atoms with Crippen molar-refractivity contribution in [3.63, 3.8) is 0 Å². The Labute approximate surface area is 119 Å². The zero-order valence-corrected chi connectivity index (χ0v) is 13.9. The van der Waals surface area contributed by atoms with E-state index in [0.29, 0.717) is 5.01 Å². The van der Waals surface area contributed by atoms with E-state index >= 15 is 0 Å². The van der Waals surface area contributed by atoms with Crippen LogP contribution in [0.1, 0.15) is 56.6 Å².